The van der Waals surface area contributed by atoms with E-state index >= 15 is 0 Å². The van der Waals surface area contributed by atoms with Gasteiger partial charge < -0.3 is 0 Å². The van der Waals surface area contributed by atoms with Crippen LogP contribution in [0, 0.1) is 6.92 Å². The van der Waals surface area contributed by atoms with Crippen molar-refractivity contribution in [1.82, 2.24) is 0 Å². The molecule has 0 atom stereocenters. The molecule has 2 aromatic carbocycles. The fourth-order valence-corrected chi connectivity index (χ4v) is 5.42. The van der Waals surface area contributed by atoms with Gasteiger partial charge in [-0.2, -0.15) is 0 Å². The number of thiophene rings is 1. The summed E-state index contributed by atoms with van der Waals surface area (Å²) >= 11 is 1.96. The van der Waals surface area contributed by atoms with E-state index in [4.69, 9.17) is 0 Å². The minimum Gasteiger partial charge on any atom is -0.134 e. The van der Waals surface area contributed by atoms with Crippen molar-refractivity contribution in [1.29, 1.82) is 0 Å². The Bertz CT molecular complexity index is 1100. The van der Waals surface area contributed by atoms with Crippen molar-refractivity contribution in [3.05, 3.63) is 101 Å². The summed E-state index contributed by atoms with van der Waals surface area (Å²) in [6.07, 6.45) is 14.2. The molecule has 0 radical (unpaired) electrons. The third-order valence-electron chi connectivity index (χ3n) is 5.44. The molecule has 1 aliphatic carbocycles. The maximum Gasteiger partial charge on any atom is 0.0430 e. The number of hydrogen-bond acceptors (Lipinski definition) is 1. The predicted molar refractivity (Wildman–Crippen MR) is 126 cm³/mol. The van der Waals surface area contributed by atoms with Gasteiger partial charge in [0, 0.05) is 9.58 Å². The molecule has 0 fully saturated rings. The van der Waals surface area contributed by atoms with Gasteiger partial charge in [0.2, 0.25) is 0 Å². The van der Waals surface area contributed by atoms with Gasteiger partial charge in [-0.3, -0.25) is 0 Å². The van der Waals surface area contributed by atoms with E-state index in [1.807, 2.05) is 23.5 Å². The number of benzene rings is 2. The largest absolute Gasteiger partial charge is 0.134 e. The summed E-state index contributed by atoms with van der Waals surface area (Å²) in [7, 11) is 0. The molecule has 4 rings (SSSR count). The standard InChI is InChI=1S/C27H26S/c1-4-6-10-20(5-2)22-11-7-8-12-24-25-14-9-13-23(27(25)28-26(22)24)21-17-15-19(3)16-18-21/h4-6,9-11,13-18H,1,7-8,12H2,2-3H3/b10-6-,20-5+. The van der Waals surface area contributed by atoms with E-state index in [9.17, 15) is 0 Å². The topological polar surface area (TPSA) is 0 Å². The minimum atomic E-state index is 1.13. The molecule has 0 N–H and O–H groups in total. The minimum absolute atomic E-state index is 1.13. The molecule has 1 heterocycles. The number of aryl methyl sites for hydroxylation is 2. The SMILES string of the molecule is C=C/C=C\C(=C/C)C1=CCCCc2c1sc1c(-c3ccc(C)cc3)cccc21. The molecule has 28 heavy (non-hydrogen) atoms. The van der Waals surface area contributed by atoms with Crippen LogP contribution in [0.5, 0.6) is 0 Å². The molecule has 1 heteroatoms. The maximum absolute atomic E-state index is 3.83. The Morgan fingerprint density at radius 2 is 1.93 bits per heavy atom. The van der Waals surface area contributed by atoms with E-state index in [0.29, 0.717) is 0 Å². The van der Waals surface area contributed by atoms with E-state index in [2.05, 4.69) is 81.1 Å². The van der Waals surface area contributed by atoms with Crippen molar-refractivity contribution in [3.8, 4) is 11.1 Å². The van der Waals surface area contributed by atoms with Gasteiger partial charge in [-0.05, 0) is 66.3 Å². The lowest BCUT2D eigenvalue weighted by molar-refractivity contribution is 0.858. The molecule has 1 aliphatic rings. The van der Waals surface area contributed by atoms with Crippen molar-refractivity contribution < 1.29 is 0 Å². The quantitative estimate of drug-likeness (QED) is 0.398. The lowest BCUT2D eigenvalue weighted by Gasteiger charge is -2.07. The highest BCUT2D eigenvalue weighted by Crippen LogP contribution is 2.44. The average molecular weight is 383 g/mol. The molecule has 0 saturated carbocycles. The summed E-state index contributed by atoms with van der Waals surface area (Å²) in [6, 6.07) is 15.7. The van der Waals surface area contributed by atoms with E-state index in [0.717, 1.165) is 12.8 Å². The normalized spacial score (nSPS) is 14.8. The fraction of sp³-hybridized carbons (Fsp3) is 0.185. The molecule has 140 valence electrons. The third kappa shape index (κ3) is 3.43. The number of fused-ring (bicyclic) bond motifs is 3. The Balaban J connectivity index is 1.92. The lowest BCUT2D eigenvalue weighted by Crippen LogP contribution is -1.88. The molecule has 1 aromatic heterocycles. The van der Waals surface area contributed by atoms with Crippen LogP contribution in [0.15, 0.2) is 85.0 Å². The predicted octanol–water partition coefficient (Wildman–Crippen LogP) is 8.28. The second kappa shape index (κ2) is 8.16. The van der Waals surface area contributed by atoms with Gasteiger partial charge in [-0.25, -0.2) is 0 Å². The van der Waals surface area contributed by atoms with Crippen LogP contribution in [0.1, 0.15) is 35.8 Å². The highest BCUT2D eigenvalue weighted by atomic mass is 32.1. The van der Waals surface area contributed by atoms with E-state index in [1.54, 1.807) is 0 Å². The lowest BCUT2D eigenvalue weighted by atomic mass is 9.97. The summed E-state index contributed by atoms with van der Waals surface area (Å²) in [5.74, 6) is 0. The van der Waals surface area contributed by atoms with Gasteiger partial charge in [0.15, 0.2) is 0 Å². The molecule has 0 aliphatic heterocycles. The van der Waals surface area contributed by atoms with Crippen molar-refractivity contribution in [2.75, 3.05) is 0 Å². The summed E-state index contributed by atoms with van der Waals surface area (Å²) < 4.78 is 1.41. The van der Waals surface area contributed by atoms with Crippen molar-refractivity contribution in [2.24, 2.45) is 0 Å². The molecular weight excluding hydrogens is 356 g/mol. The molecular formula is C27H26S. The maximum atomic E-state index is 3.83. The van der Waals surface area contributed by atoms with Crippen LogP contribution in [0.3, 0.4) is 0 Å². The summed E-state index contributed by atoms with van der Waals surface area (Å²) in [6.45, 7) is 8.10. The summed E-state index contributed by atoms with van der Waals surface area (Å²) in [4.78, 5) is 1.44. The smallest absolute Gasteiger partial charge is 0.0430 e. The van der Waals surface area contributed by atoms with Gasteiger partial charge in [0.05, 0.1) is 0 Å². The Kier molecular flexibility index (Phi) is 5.45. The zero-order valence-electron chi connectivity index (χ0n) is 16.7. The van der Waals surface area contributed by atoms with Gasteiger partial charge in [0.1, 0.15) is 0 Å². The van der Waals surface area contributed by atoms with E-state index in [-0.39, 0.29) is 0 Å². The number of hydrogen-bond donors (Lipinski definition) is 0. The van der Waals surface area contributed by atoms with Gasteiger partial charge in [0.25, 0.3) is 0 Å². The van der Waals surface area contributed by atoms with E-state index in [1.165, 1.54) is 54.8 Å². The zero-order valence-corrected chi connectivity index (χ0v) is 17.5. The van der Waals surface area contributed by atoms with Crippen LogP contribution in [0.25, 0.3) is 26.8 Å². The third-order valence-corrected chi connectivity index (χ3v) is 6.75. The molecule has 0 unspecified atom stereocenters. The first-order chi connectivity index (χ1) is 13.7. The second-order valence-electron chi connectivity index (χ2n) is 7.31. The second-order valence-corrected chi connectivity index (χ2v) is 8.33. The van der Waals surface area contributed by atoms with E-state index < -0.39 is 0 Å². The molecule has 0 bridgehead atoms. The number of rotatable bonds is 4. The Labute approximate surface area is 172 Å². The fourth-order valence-electron chi connectivity index (χ4n) is 3.98. The first kappa shape index (κ1) is 18.7. The first-order valence-corrected chi connectivity index (χ1v) is 10.8. The van der Waals surface area contributed by atoms with Gasteiger partial charge in [-0.1, -0.05) is 85.0 Å². The van der Waals surface area contributed by atoms with Crippen LogP contribution >= 0.6 is 11.3 Å². The van der Waals surface area contributed by atoms with Crippen LogP contribution in [0.2, 0.25) is 0 Å². The Morgan fingerprint density at radius 3 is 2.68 bits per heavy atom. The van der Waals surface area contributed by atoms with Crippen LogP contribution in [0.4, 0.5) is 0 Å². The van der Waals surface area contributed by atoms with Gasteiger partial charge >= 0.3 is 0 Å². The summed E-state index contributed by atoms with van der Waals surface area (Å²) in [5, 5.41) is 1.43. The Hall–Kier alpha value is -2.64. The molecule has 0 saturated heterocycles. The highest BCUT2D eigenvalue weighted by Gasteiger charge is 2.20. The molecule has 0 amide bonds. The highest BCUT2D eigenvalue weighted by molar-refractivity contribution is 7.21. The van der Waals surface area contributed by atoms with Crippen molar-refractivity contribution >= 4 is 27.0 Å². The summed E-state index contributed by atoms with van der Waals surface area (Å²) in [5.41, 5.74) is 8.13. The van der Waals surface area contributed by atoms with Crippen LogP contribution in [-0.4, -0.2) is 0 Å². The Morgan fingerprint density at radius 1 is 1.11 bits per heavy atom. The average Bonchev–Trinajstić information content (AvgIpc) is 2.96. The first-order valence-electron chi connectivity index (χ1n) is 10.0. The molecule has 0 spiro atoms. The molecule has 0 nitrogen and oxygen atoms in total. The number of allylic oxidation sites excluding steroid dienone is 7. The van der Waals surface area contributed by atoms with Crippen molar-refractivity contribution in [2.45, 2.75) is 33.1 Å². The van der Waals surface area contributed by atoms with Gasteiger partial charge in [-0.15, -0.1) is 11.3 Å². The monoisotopic (exact) mass is 382 g/mol. The molecule has 3 aromatic rings. The van der Waals surface area contributed by atoms with Crippen molar-refractivity contribution in [3.63, 3.8) is 0 Å². The zero-order chi connectivity index (χ0) is 19.5. The van der Waals surface area contributed by atoms with Crippen LogP contribution < -0.4 is 0 Å². The van der Waals surface area contributed by atoms with Crippen LogP contribution in [-0.2, 0) is 6.42 Å².